The first kappa shape index (κ1) is 17.5. The summed E-state index contributed by atoms with van der Waals surface area (Å²) in [6, 6.07) is 7.06. The molecule has 1 fully saturated rings. The number of benzene rings is 1. The zero-order valence-corrected chi connectivity index (χ0v) is 13.8. The molecule has 126 valence electrons. The van der Waals surface area contributed by atoms with Gasteiger partial charge in [0.25, 0.3) is 0 Å². The molecule has 2 rings (SSSR count). The number of amides is 1. The number of carboxylic acids is 1. The summed E-state index contributed by atoms with van der Waals surface area (Å²) < 4.78 is 4.94. The first-order valence-corrected chi connectivity index (χ1v) is 8.09. The van der Waals surface area contributed by atoms with E-state index in [0.717, 1.165) is 36.8 Å². The minimum atomic E-state index is -1.02. The Bertz CT molecular complexity index is 564. The van der Waals surface area contributed by atoms with Crippen LogP contribution in [-0.4, -0.2) is 36.7 Å². The van der Waals surface area contributed by atoms with Crippen molar-refractivity contribution in [2.45, 2.75) is 50.5 Å². The highest BCUT2D eigenvalue weighted by atomic mass is 16.5. The quantitative estimate of drug-likeness (QED) is 0.809. The molecule has 0 spiro atoms. The maximum Gasteiger partial charge on any atom is 0.326 e. The highest BCUT2D eigenvalue weighted by molar-refractivity contribution is 5.91. The lowest BCUT2D eigenvalue weighted by Gasteiger charge is -2.30. The molecule has 1 aliphatic carbocycles. The van der Waals surface area contributed by atoms with Crippen LogP contribution in [0.25, 0.3) is 0 Å². The molecule has 0 saturated heterocycles. The van der Waals surface area contributed by atoms with Gasteiger partial charge in [0, 0.05) is 20.1 Å². The van der Waals surface area contributed by atoms with Crippen LogP contribution < -0.4 is 5.32 Å². The van der Waals surface area contributed by atoms with Crippen LogP contribution in [0.2, 0.25) is 0 Å². The van der Waals surface area contributed by atoms with Gasteiger partial charge in [-0.25, -0.2) is 4.79 Å². The molecule has 1 aromatic carbocycles. The Morgan fingerprint density at radius 1 is 1.35 bits per heavy atom. The summed E-state index contributed by atoms with van der Waals surface area (Å²) in [6.45, 7) is 2.30. The van der Waals surface area contributed by atoms with Crippen molar-refractivity contribution in [1.82, 2.24) is 5.32 Å². The third-order valence-corrected chi connectivity index (χ3v) is 4.68. The van der Waals surface area contributed by atoms with Gasteiger partial charge in [0.15, 0.2) is 0 Å². The summed E-state index contributed by atoms with van der Waals surface area (Å²) in [5.74, 6) is -1.20. The van der Waals surface area contributed by atoms with E-state index in [0.29, 0.717) is 6.61 Å². The normalized spacial score (nSPS) is 17.7. The molecular formula is C18H25NO4. The van der Waals surface area contributed by atoms with E-state index >= 15 is 0 Å². The van der Waals surface area contributed by atoms with E-state index in [1.807, 2.05) is 31.2 Å². The number of aliphatic carboxylic acids is 1. The smallest absolute Gasteiger partial charge is 0.326 e. The van der Waals surface area contributed by atoms with Crippen LogP contribution in [0, 0.1) is 6.92 Å². The minimum absolute atomic E-state index is 0.177. The van der Waals surface area contributed by atoms with Crippen LogP contribution in [0.5, 0.6) is 0 Å². The summed E-state index contributed by atoms with van der Waals surface area (Å²) in [6.07, 6.45) is 3.76. The molecule has 1 unspecified atom stereocenters. The first-order valence-electron chi connectivity index (χ1n) is 8.09. The number of methoxy groups -OCH3 is 1. The average molecular weight is 319 g/mol. The van der Waals surface area contributed by atoms with Crippen LogP contribution in [0.4, 0.5) is 0 Å². The van der Waals surface area contributed by atoms with E-state index in [1.54, 1.807) is 0 Å². The second-order valence-electron chi connectivity index (χ2n) is 6.30. The van der Waals surface area contributed by atoms with Gasteiger partial charge in [0.05, 0.1) is 5.41 Å². The number of nitrogens with one attached hydrogen (secondary N) is 1. The fraction of sp³-hybridized carbons (Fsp3) is 0.556. The molecule has 0 aromatic heterocycles. The van der Waals surface area contributed by atoms with E-state index in [1.165, 1.54) is 7.11 Å². The minimum Gasteiger partial charge on any atom is -0.480 e. The average Bonchev–Trinajstić information content (AvgIpc) is 3.02. The molecule has 1 amide bonds. The molecule has 23 heavy (non-hydrogen) atoms. The number of rotatable bonds is 7. The lowest BCUT2D eigenvalue weighted by atomic mass is 9.77. The number of aryl methyl sites for hydroxylation is 1. The van der Waals surface area contributed by atoms with Crippen molar-refractivity contribution in [2.24, 2.45) is 0 Å². The molecule has 0 radical (unpaired) electrons. The molecule has 0 heterocycles. The standard InChI is InChI=1S/C18H25NO4/c1-13-6-5-7-14(12-13)18(9-3-4-10-18)17(22)19-15(16(20)21)8-11-23-2/h5-7,12,15H,3-4,8-11H2,1-2H3,(H,19,22)(H,20,21). The summed E-state index contributed by atoms with van der Waals surface area (Å²) >= 11 is 0. The summed E-state index contributed by atoms with van der Waals surface area (Å²) in [7, 11) is 1.52. The Hall–Kier alpha value is -1.88. The second kappa shape index (κ2) is 7.59. The molecular weight excluding hydrogens is 294 g/mol. The van der Waals surface area contributed by atoms with Crippen LogP contribution in [0.15, 0.2) is 24.3 Å². The van der Waals surface area contributed by atoms with Crippen molar-refractivity contribution in [3.63, 3.8) is 0 Å². The van der Waals surface area contributed by atoms with Crippen molar-refractivity contribution in [2.75, 3.05) is 13.7 Å². The lowest BCUT2D eigenvalue weighted by molar-refractivity contribution is -0.143. The largest absolute Gasteiger partial charge is 0.480 e. The van der Waals surface area contributed by atoms with E-state index in [4.69, 9.17) is 4.74 Å². The Morgan fingerprint density at radius 3 is 2.61 bits per heavy atom. The topological polar surface area (TPSA) is 75.6 Å². The van der Waals surface area contributed by atoms with Gasteiger partial charge in [-0.15, -0.1) is 0 Å². The van der Waals surface area contributed by atoms with E-state index in [-0.39, 0.29) is 12.3 Å². The molecule has 1 aliphatic rings. The van der Waals surface area contributed by atoms with Gasteiger partial charge >= 0.3 is 5.97 Å². The fourth-order valence-electron chi connectivity index (χ4n) is 3.36. The van der Waals surface area contributed by atoms with Crippen LogP contribution in [0.1, 0.15) is 43.2 Å². The van der Waals surface area contributed by atoms with Crippen molar-refractivity contribution < 1.29 is 19.4 Å². The zero-order chi connectivity index (χ0) is 16.9. The molecule has 1 saturated carbocycles. The van der Waals surface area contributed by atoms with Crippen LogP contribution in [-0.2, 0) is 19.7 Å². The predicted molar refractivity (Wildman–Crippen MR) is 87.4 cm³/mol. The van der Waals surface area contributed by atoms with E-state index in [9.17, 15) is 14.7 Å². The highest BCUT2D eigenvalue weighted by Crippen LogP contribution is 2.41. The maximum atomic E-state index is 12.9. The first-order chi connectivity index (χ1) is 11.0. The highest BCUT2D eigenvalue weighted by Gasteiger charge is 2.43. The molecule has 1 aromatic rings. The van der Waals surface area contributed by atoms with Crippen molar-refractivity contribution in [3.8, 4) is 0 Å². The van der Waals surface area contributed by atoms with Crippen LogP contribution in [0.3, 0.4) is 0 Å². The number of carboxylic acid groups (broad SMARTS) is 1. The molecule has 0 bridgehead atoms. The molecule has 5 heteroatoms. The Morgan fingerprint density at radius 2 is 2.04 bits per heavy atom. The number of carbonyl (C=O) groups is 2. The second-order valence-corrected chi connectivity index (χ2v) is 6.30. The van der Waals surface area contributed by atoms with Gasteiger partial charge < -0.3 is 15.2 Å². The lowest BCUT2D eigenvalue weighted by Crippen LogP contribution is -2.50. The van der Waals surface area contributed by atoms with Gasteiger partial charge in [-0.3, -0.25) is 4.79 Å². The summed E-state index contributed by atoms with van der Waals surface area (Å²) in [5, 5.41) is 12.1. The summed E-state index contributed by atoms with van der Waals surface area (Å²) in [4.78, 5) is 24.3. The predicted octanol–water partition coefficient (Wildman–Crippen LogP) is 2.41. The number of hydrogen-bond acceptors (Lipinski definition) is 3. The van der Waals surface area contributed by atoms with E-state index in [2.05, 4.69) is 5.32 Å². The Labute approximate surface area is 137 Å². The van der Waals surface area contributed by atoms with Crippen molar-refractivity contribution in [1.29, 1.82) is 0 Å². The SMILES string of the molecule is COCCC(NC(=O)C1(c2cccc(C)c2)CCCC1)C(=O)O. The third-order valence-electron chi connectivity index (χ3n) is 4.68. The number of ether oxygens (including phenoxy) is 1. The van der Waals surface area contributed by atoms with Gasteiger partial charge in [0.1, 0.15) is 6.04 Å². The molecule has 2 N–H and O–H groups in total. The Balaban J connectivity index is 2.23. The molecule has 0 aliphatic heterocycles. The maximum absolute atomic E-state index is 12.9. The summed E-state index contributed by atoms with van der Waals surface area (Å²) in [5.41, 5.74) is 1.49. The zero-order valence-electron chi connectivity index (χ0n) is 13.8. The Kier molecular flexibility index (Phi) is 5.77. The van der Waals surface area contributed by atoms with Crippen molar-refractivity contribution in [3.05, 3.63) is 35.4 Å². The van der Waals surface area contributed by atoms with Crippen LogP contribution >= 0.6 is 0 Å². The monoisotopic (exact) mass is 319 g/mol. The van der Waals surface area contributed by atoms with Crippen molar-refractivity contribution >= 4 is 11.9 Å². The molecule has 5 nitrogen and oxygen atoms in total. The van der Waals surface area contributed by atoms with Gasteiger partial charge in [-0.05, 0) is 25.3 Å². The van der Waals surface area contributed by atoms with Gasteiger partial charge in [-0.2, -0.15) is 0 Å². The fourth-order valence-corrected chi connectivity index (χ4v) is 3.36. The van der Waals surface area contributed by atoms with E-state index < -0.39 is 17.4 Å². The molecule has 1 atom stereocenters. The third kappa shape index (κ3) is 3.91. The van der Waals surface area contributed by atoms with Gasteiger partial charge in [-0.1, -0.05) is 42.7 Å². The number of hydrogen-bond donors (Lipinski definition) is 2. The van der Waals surface area contributed by atoms with Gasteiger partial charge in [0.2, 0.25) is 5.91 Å². The number of carbonyl (C=O) groups excluding carboxylic acids is 1.